The zero-order chi connectivity index (χ0) is 15.1. The summed E-state index contributed by atoms with van der Waals surface area (Å²) in [5, 5.41) is 0. The minimum absolute atomic E-state index is 0.0847. The van der Waals surface area contributed by atoms with Gasteiger partial charge < -0.3 is 4.90 Å². The van der Waals surface area contributed by atoms with E-state index in [4.69, 9.17) is 0 Å². The van der Waals surface area contributed by atoms with Crippen molar-refractivity contribution in [2.45, 2.75) is 39.0 Å². The second-order valence-corrected chi connectivity index (χ2v) is 5.56. The molecule has 1 aliphatic rings. The largest absolute Gasteiger partial charge is 0.343 e. The van der Waals surface area contributed by atoms with Crippen molar-refractivity contribution < 1.29 is 9.59 Å². The summed E-state index contributed by atoms with van der Waals surface area (Å²) in [5.74, 6) is 0.376. The van der Waals surface area contributed by atoms with Crippen molar-refractivity contribution in [3.05, 3.63) is 41.5 Å². The Hall–Kier alpha value is -1.90. The lowest BCUT2D eigenvalue weighted by Gasteiger charge is -2.14. The van der Waals surface area contributed by atoms with Crippen LogP contribution in [0.2, 0.25) is 0 Å². The molecule has 1 aliphatic heterocycles. The number of amides is 1. The number of rotatable bonds is 6. The van der Waals surface area contributed by atoms with Gasteiger partial charge in [0.25, 0.3) is 0 Å². The van der Waals surface area contributed by atoms with Crippen LogP contribution >= 0.6 is 0 Å². The van der Waals surface area contributed by atoms with Crippen LogP contribution in [-0.2, 0) is 4.79 Å². The molecule has 0 radical (unpaired) electrons. The van der Waals surface area contributed by atoms with Crippen molar-refractivity contribution in [3.8, 4) is 0 Å². The summed E-state index contributed by atoms with van der Waals surface area (Å²) >= 11 is 0. The number of nitrogens with zero attached hydrogens (tertiary/aromatic N) is 1. The second kappa shape index (κ2) is 7.77. The molecule has 0 N–H and O–H groups in total. The number of hydrogen-bond acceptors (Lipinski definition) is 2. The lowest BCUT2D eigenvalue weighted by Crippen LogP contribution is -2.27. The van der Waals surface area contributed by atoms with Gasteiger partial charge in [-0.05, 0) is 44.2 Å². The summed E-state index contributed by atoms with van der Waals surface area (Å²) in [4.78, 5) is 25.1. The Morgan fingerprint density at radius 1 is 1.24 bits per heavy atom. The normalized spacial score (nSPS) is 14.8. The van der Waals surface area contributed by atoms with Crippen LogP contribution < -0.4 is 0 Å². The summed E-state index contributed by atoms with van der Waals surface area (Å²) in [7, 11) is 0. The number of hydrogen-bond donors (Lipinski definition) is 0. The van der Waals surface area contributed by atoms with Gasteiger partial charge in [-0.1, -0.05) is 30.4 Å². The molecule has 3 nitrogen and oxygen atoms in total. The van der Waals surface area contributed by atoms with Crippen LogP contribution in [0.5, 0.6) is 0 Å². The Morgan fingerprint density at radius 3 is 2.71 bits per heavy atom. The lowest BCUT2D eigenvalue weighted by atomic mass is 10.1. The minimum atomic E-state index is 0.0847. The third-order valence-corrected chi connectivity index (χ3v) is 3.82. The maximum absolute atomic E-state index is 11.9. The van der Waals surface area contributed by atoms with E-state index in [2.05, 4.69) is 6.08 Å². The average molecular weight is 285 g/mol. The molecule has 1 heterocycles. The third kappa shape index (κ3) is 4.85. The number of allylic oxidation sites excluding steroid dienone is 1. The second-order valence-electron chi connectivity index (χ2n) is 5.56. The van der Waals surface area contributed by atoms with Gasteiger partial charge in [0.05, 0.1) is 0 Å². The molecule has 0 spiro atoms. The van der Waals surface area contributed by atoms with E-state index in [-0.39, 0.29) is 5.78 Å². The molecule has 0 saturated carbocycles. The summed E-state index contributed by atoms with van der Waals surface area (Å²) in [6.45, 7) is 3.45. The molecule has 3 heteroatoms. The molecule has 1 fully saturated rings. The molecule has 112 valence electrons. The fourth-order valence-electron chi connectivity index (χ4n) is 2.58. The molecule has 1 aromatic rings. The number of benzene rings is 1. The Kier molecular flexibility index (Phi) is 5.73. The van der Waals surface area contributed by atoms with E-state index >= 15 is 0 Å². The number of carbonyl (C=O) groups excluding carboxylic acids is 2. The first-order chi connectivity index (χ1) is 10.2. The fraction of sp³-hybridized carbons (Fsp3) is 0.444. The summed E-state index contributed by atoms with van der Waals surface area (Å²) in [5.41, 5.74) is 1.77. The first kappa shape index (κ1) is 15.5. The van der Waals surface area contributed by atoms with Gasteiger partial charge in [0.1, 0.15) is 0 Å². The highest BCUT2D eigenvalue weighted by Gasteiger charge is 2.16. The van der Waals surface area contributed by atoms with Crippen molar-refractivity contribution in [2.24, 2.45) is 0 Å². The van der Waals surface area contributed by atoms with Gasteiger partial charge in [-0.25, -0.2) is 0 Å². The van der Waals surface area contributed by atoms with Crippen LogP contribution in [-0.4, -0.2) is 29.7 Å². The molecule has 2 rings (SSSR count). The Morgan fingerprint density at radius 2 is 2.00 bits per heavy atom. The first-order valence-electron chi connectivity index (χ1n) is 7.72. The molecule has 0 atom stereocenters. The molecular formula is C18H23NO2. The van der Waals surface area contributed by atoms with Crippen LogP contribution in [0.3, 0.4) is 0 Å². The van der Waals surface area contributed by atoms with Crippen LogP contribution in [0.25, 0.3) is 6.08 Å². The van der Waals surface area contributed by atoms with E-state index in [0.717, 1.165) is 49.9 Å². The topological polar surface area (TPSA) is 37.4 Å². The smallest absolute Gasteiger partial charge is 0.222 e. The highest BCUT2D eigenvalue weighted by Crippen LogP contribution is 2.12. The SMILES string of the molecule is CC(=O)c1cccc(/C=C\CCCC(=O)N2CCCC2)c1. The first-order valence-corrected chi connectivity index (χ1v) is 7.72. The molecule has 1 saturated heterocycles. The Labute approximate surface area is 126 Å². The quantitative estimate of drug-likeness (QED) is 0.590. The Balaban J connectivity index is 1.74. The van der Waals surface area contributed by atoms with Gasteiger partial charge in [0.15, 0.2) is 5.78 Å². The van der Waals surface area contributed by atoms with Gasteiger partial charge in [0.2, 0.25) is 5.91 Å². The zero-order valence-electron chi connectivity index (χ0n) is 12.7. The van der Waals surface area contributed by atoms with E-state index in [1.807, 2.05) is 35.2 Å². The average Bonchev–Trinajstić information content (AvgIpc) is 3.01. The maximum atomic E-state index is 11.9. The van der Waals surface area contributed by atoms with Gasteiger partial charge >= 0.3 is 0 Å². The van der Waals surface area contributed by atoms with E-state index in [9.17, 15) is 9.59 Å². The van der Waals surface area contributed by atoms with Gasteiger partial charge in [-0.15, -0.1) is 0 Å². The highest BCUT2D eigenvalue weighted by atomic mass is 16.2. The zero-order valence-corrected chi connectivity index (χ0v) is 12.7. The van der Waals surface area contributed by atoms with E-state index in [1.54, 1.807) is 6.92 Å². The van der Waals surface area contributed by atoms with E-state index in [1.165, 1.54) is 0 Å². The highest BCUT2D eigenvalue weighted by molar-refractivity contribution is 5.94. The molecule has 21 heavy (non-hydrogen) atoms. The standard InChI is InChI=1S/C18H23NO2/c1-15(20)17-10-7-9-16(14-17)8-3-2-4-11-18(21)19-12-5-6-13-19/h3,7-10,14H,2,4-6,11-13H2,1H3/b8-3-. The van der Waals surface area contributed by atoms with Gasteiger partial charge in [-0.2, -0.15) is 0 Å². The fourth-order valence-corrected chi connectivity index (χ4v) is 2.58. The van der Waals surface area contributed by atoms with E-state index in [0.29, 0.717) is 12.3 Å². The van der Waals surface area contributed by atoms with Crippen molar-refractivity contribution >= 4 is 17.8 Å². The minimum Gasteiger partial charge on any atom is -0.343 e. The van der Waals surface area contributed by atoms with Gasteiger partial charge in [0, 0.05) is 25.1 Å². The Bertz CT molecular complexity index is 528. The predicted octanol–water partition coefficient (Wildman–Crippen LogP) is 3.70. The number of ketones is 1. The van der Waals surface area contributed by atoms with Gasteiger partial charge in [-0.3, -0.25) is 9.59 Å². The van der Waals surface area contributed by atoms with Crippen molar-refractivity contribution in [1.82, 2.24) is 4.90 Å². The summed E-state index contributed by atoms with van der Waals surface area (Å²) in [6.07, 6.45) is 8.82. The lowest BCUT2D eigenvalue weighted by molar-refractivity contribution is -0.130. The molecule has 1 amide bonds. The molecule has 0 aliphatic carbocycles. The van der Waals surface area contributed by atoms with Crippen molar-refractivity contribution in [1.29, 1.82) is 0 Å². The van der Waals surface area contributed by atoms with Crippen LogP contribution in [0.4, 0.5) is 0 Å². The van der Waals surface area contributed by atoms with Crippen LogP contribution in [0.15, 0.2) is 30.3 Å². The number of Topliss-reactive ketones (excluding diaryl/α,β-unsaturated/α-hetero) is 1. The third-order valence-electron chi connectivity index (χ3n) is 3.82. The number of carbonyl (C=O) groups is 2. The van der Waals surface area contributed by atoms with Crippen molar-refractivity contribution in [3.63, 3.8) is 0 Å². The predicted molar refractivity (Wildman–Crippen MR) is 85.1 cm³/mol. The summed E-state index contributed by atoms with van der Waals surface area (Å²) in [6, 6.07) is 7.61. The molecule has 0 unspecified atom stereocenters. The van der Waals surface area contributed by atoms with Crippen LogP contribution in [0, 0.1) is 0 Å². The van der Waals surface area contributed by atoms with Crippen molar-refractivity contribution in [2.75, 3.05) is 13.1 Å². The molecular weight excluding hydrogens is 262 g/mol. The van der Waals surface area contributed by atoms with Crippen LogP contribution in [0.1, 0.15) is 54.9 Å². The molecule has 0 bridgehead atoms. The molecule has 1 aromatic carbocycles. The maximum Gasteiger partial charge on any atom is 0.222 e. The monoisotopic (exact) mass is 285 g/mol. The number of likely N-dealkylation sites (tertiary alicyclic amines) is 1. The summed E-state index contributed by atoms with van der Waals surface area (Å²) < 4.78 is 0. The molecule has 0 aromatic heterocycles. The van der Waals surface area contributed by atoms with E-state index < -0.39 is 0 Å². The number of unbranched alkanes of at least 4 members (excludes halogenated alkanes) is 1.